The van der Waals surface area contributed by atoms with E-state index in [4.69, 9.17) is 9.47 Å². The predicted octanol–water partition coefficient (Wildman–Crippen LogP) is 2.08. The van der Waals surface area contributed by atoms with Crippen molar-refractivity contribution in [3.05, 3.63) is 16.0 Å². The third-order valence-corrected chi connectivity index (χ3v) is 3.93. The molecule has 0 aliphatic carbocycles. The second-order valence-corrected chi connectivity index (χ2v) is 6.26. The third-order valence-electron chi connectivity index (χ3n) is 3.17. The van der Waals surface area contributed by atoms with Crippen LogP contribution in [0.2, 0.25) is 0 Å². The van der Waals surface area contributed by atoms with Gasteiger partial charge in [-0.05, 0) is 36.4 Å². The number of cyclic esters (lactones) is 1. The van der Waals surface area contributed by atoms with Gasteiger partial charge in [-0.3, -0.25) is 0 Å². The lowest BCUT2D eigenvalue weighted by Gasteiger charge is -2.27. The van der Waals surface area contributed by atoms with E-state index in [1.807, 2.05) is 13.8 Å². The molecule has 0 saturated carbocycles. The molecule has 0 radical (unpaired) electrons. The number of carbonyl (C=O) groups is 1. The fourth-order valence-electron chi connectivity index (χ4n) is 2.15. The molecule has 2 aromatic heterocycles. The molecule has 1 saturated heterocycles. The van der Waals surface area contributed by atoms with Crippen LogP contribution >= 0.6 is 22.6 Å². The van der Waals surface area contributed by atoms with E-state index in [-0.39, 0.29) is 0 Å². The maximum absolute atomic E-state index is 12.0. The summed E-state index contributed by atoms with van der Waals surface area (Å²) in [6, 6.07) is 0. The van der Waals surface area contributed by atoms with Gasteiger partial charge in [0, 0.05) is 0 Å². The maximum atomic E-state index is 12.0. The van der Waals surface area contributed by atoms with Crippen molar-refractivity contribution in [2.24, 2.45) is 0 Å². The highest BCUT2D eigenvalue weighted by Crippen LogP contribution is 2.35. The van der Waals surface area contributed by atoms with Crippen LogP contribution in [0.1, 0.15) is 13.8 Å². The molecule has 3 rings (SSSR count). The van der Waals surface area contributed by atoms with Crippen LogP contribution in [0.25, 0.3) is 5.65 Å². The smallest absolute Gasteiger partial charge is 0.416 e. The quantitative estimate of drug-likeness (QED) is 0.737. The van der Waals surface area contributed by atoms with Crippen LogP contribution < -0.4 is 9.64 Å². The fraction of sp³-hybridized carbons (Fsp3) is 0.417. The van der Waals surface area contributed by atoms with Gasteiger partial charge >= 0.3 is 6.09 Å². The standard InChI is InChI=1S/C12H13IN4O3/c1-12(2)6-20-11(18)17(12)10-8(19-3)5-16-9(15-10)7(13)4-14-16/h4-5H,6H2,1-3H3. The number of hydrogen-bond donors (Lipinski definition) is 0. The zero-order valence-electron chi connectivity index (χ0n) is 11.3. The molecule has 0 spiro atoms. The predicted molar refractivity (Wildman–Crippen MR) is 80.2 cm³/mol. The summed E-state index contributed by atoms with van der Waals surface area (Å²) in [5.41, 5.74) is 0.207. The Morgan fingerprint density at radius 3 is 2.85 bits per heavy atom. The molecule has 1 aliphatic rings. The van der Waals surface area contributed by atoms with Gasteiger partial charge in [0.15, 0.2) is 17.2 Å². The summed E-state index contributed by atoms with van der Waals surface area (Å²) in [7, 11) is 1.54. The SMILES string of the molecule is COc1cn2ncc(I)c2nc1N1C(=O)OCC1(C)C. The number of hydrogen-bond acceptors (Lipinski definition) is 5. The number of rotatable bonds is 2. The molecule has 106 valence electrons. The molecule has 1 aliphatic heterocycles. The number of fused-ring (bicyclic) bond motifs is 1. The highest BCUT2D eigenvalue weighted by Gasteiger charge is 2.43. The number of aromatic nitrogens is 3. The van der Waals surface area contributed by atoms with Crippen molar-refractivity contribution < 1.29 is 14.3 Å². The minimum Gasteiger partial charge on any atom is -0.491 e. The van der Waals surface area contributed by atoms with Gasteiger partial charge in [0.25, 0.3) is 0 Å². The zero-order valence-corrected chi connectivity index (χ0v) is 13.4. The van der Waals surface area contributed by atoms with Crippen LogP contribution in [0.4, 0.5) is 10.6 Å². The number of amides is 1. The minimum absolute atomic E-state index is 0.318. The number of ether oxygens (including phenoxy) is 2. The summed E-state index contributed by atoms with van der Waals surface area (Å²) >= 11 is 2.15. The molecule has 1 fully saturated rings. The second-order valence-electron chi connectivity index (χ2n) is 5.10. The molecule has 0 aromatic carbocycles. The lowest BCUT2D eigenvalue weighted by atomic mass is 10.1. The molecule has 2 aromatic rings. The Morgan fingerprint density at radius 1 is 1.50 bits per heavy atom. The van der Waals surface area contributed by atoms with E-state index in [1.54, 1.807) is 16.9 Å². The lowest BCUT2D eigenvalue weighted by Crippen LogP contribution is -2.42. The van der Waals surface area contributed by atoms with E-state index < -0.39 is 11.6 Å². The topological polar surface area (TPSA) is 69.0 Å². The number of methoxy groups -OCH3 is 1. The zero-order chi connectivity index (χ0) is 14.5. The molecule has 7 nitrogen and oxygen atoms in total. The van der Waals surface area contributed by atoms with Crippen molar-refractivity contribution in [2.45, 2.75) is 19.4 Å². The van der Waals surface area contributed by atoms with Crippen molar-refractivity contribution in [2.75, 3.05) is 18.6 Å². The molecule has 8 heteroatoms. The largest absolute Gasteiger partial charge is 0.491 e. The van der Waals surface area contributed by atoms with Gasteiger partial charge in [-0.25, -0.2) is 19.2 Å². The van der Waals surface area contributed by atoms with Gasteiger partial charge in [0.2, 0.25) is 0 Å². The monoisotopic (exact) mass is 388 g/mol. The summed E-state index contributed by atoms with van der Waals surface area (Å²) in [6.07, 6.45) is 3.00. The first-order valence-corrected chi connectivity index (χ1v) is 7.07. The van der Waals surface area contributed by atoms with Crippen molar-refractivity contribution in [1.29, 1.82) is 0 Å². The first-order chi connectivity index (χ1) is 9.44. The second kappa shape index (κ2) is 4.47. The van der Waals surface area contributed by atoms with Crippen LogP contribution in [0.5, 0.6) is 5.75 Å². The first-order valence-electron chi connectivity index (χ1n) is 5.99. The van der Waals surface area contributed by atoms with Gasteiger partial charge < -0.3 is 9.47 Å². The Balaban J connectivity index is 2.23. The molecule has 0 unspecified atom stereocenters. The van der Waals surface area contributed by atoms with Gasteiger partial charge in [-0.1, -0.05) is 0 Å². The molecule has 1 amide bonds. The van der Waals surface area contributed by atoms with E-state index in [0.29, 0.717) is 23.8 Å². The van der Waals surface area contributed by atoms with E-state index in [9.17, 15) is 4.79 Å². The Labute approximate surface area is 129 Å². The normalized spacial score (nSPS) is 17.6. The van der Waals surface area contributed by atoms with Crippen molar-refractivity contribution in [1.82, 2.24) is 14.6 Å². The third kappa shape index (κ3) is 1.89. The lowest BCUT2D eigenvalue weighted by molar-refractivity contribution is 0.175. The first kappa shape index (κ1) is 13.4. The summed E-state index contributed by atoms with van der Waals surface area (Å²) in [5.74, 6) is 0.926. The van der Waals surface area contributed by atoms with Gasteiger partial charge in [-0.2, -0.15) is 5.10 Å². The summed E-state index contributed by atoms with van der Waals surface area (Å²) in [4.78, 5) is 18.1. The van der Waals surface area contributed by atoms with Crippen LogP contribution in [0.15, 0.2) is 12.4 Å². The Morgan fingerprint density at radius 2 is 2.25 bits per heavy atom. The number of nitrogens with zero attached hydrogens (tertiary/aromatic N) is 4. The van der Waals surface area contributed by atoms with Gasteiger partial charge in [-0.15, -0.1) is 0 Å². The summed E-state index contributed by atoms with van der Waals surface area (Å²) in [5, 5.41) is 4.18. The average molecular weight is 388 g/mol. The number of halogens is 1. The Hall–Kier alpha value is -1.58. The van der Waals surface area contributed by atoms with E-state index in [2.05, 4.69) is 32.7 Å². The van der Waals surface area contributed by atoms with Crippen molar-refractivity contribution >= 4 is 40.1 Å². The minimum atomic E-state index is -0.471. The molecule has 0 atom stereocenters. The molecule has 0 N–H and O–H groups in total. The fourth-order valence-corrected chi connectivity index (χ4v) is 2.64. The van der Waals surface area contributed by atoms with E-state index in [0.717, 1.165) is 3.57 Å². The Bertz CT molecular complexity index is 697. The molecule has 20 heavy (non-hydrogen) atoms. The Kier molecular flexibility index (Phi) is 3.00. The molecule has 3 heterocycles. The van der Waals surface area contributed by atoms with Crippen LogP contribution in [0, 0.1) is 3.57 Å². The maximum Gasteiger partial charge on any atom is 0.416 e. The van der Waals surface area contributed by atoms with Crippen molar-refractivity contribution in [3.8, 4) is 5.75 Å². The highest BCUT2D eigenvalue weighted by atomic mass is 127. The molecule has 0 bridgehead atoms. The van der Waals surface area contributed by atoms with Crippen LogP contribution in [-0.2, 0) is 4.74 Å². The summed E-state index contributed by atoms with van der Waals surface area (Å²) < 4.78 is 13.0. The van der Waals surface area contributed by atoms with Crippen LogP contribution in [0.3, 0.4) is 0 Å². The van der Waals surface area contributed by atoms with Gasteiger partial charge in [0.1, 0.15) is 6.61 Å². The molecular weight excluding hydrogens is 375 g/mol. The van der Waals surface area contributed by atoms with E-state index >= 15 is 0 Å². The van der Waals surface area contributed by atoms with Crippen LogP contribution in [-0.4, -0.2) is 39.9 Å². The number of anilines is 1. The molecular formula is C12H13IN4O3. The van der Waals surface area contributed by atoms with E-state index in [1.165, 1.54) is 12.0 Å². The van der Waals surface area contributed by atoms with Crippen molar-refractivity contribution in [3.63, 3.8) is 0 Å². The van der Waals surface area contributed by atoms with Gasteiger partial charge in [0.05, 0.1) is 28.6 Å². The number of carbonyl (C=O) groups excluding carboxylic acids is 1. The average Bonchev–Trinajstić information content (AvgIpc) is 2.89. The summed E-state index contributed by atoms with van der Waals surface area (Å²) in [6.45, 7) is 4.16. The highest BCUT2D eigenvalue weighted by molar-refractivity contribution is 14.1.